The third-order valence-corrected chi connectivity index (χ3v) is 4.95. The van der Waals surface area contributed by atoms with E-state index < -0.39 is 4.92 Å². The summed E-state index contributed by atoms with van der Waals surface area (Å²) in [4.78, 5) is 15.0. The van der Waals surface area contributed by atoms with Crippen LogP contribution in [0.25, 0.3) is 0 Å². The van der Waals surface area contributed by atoms with Gasteiger partial charge < -0.3 is 20.1 Å². The van der Waals surface area contributed by atoms with Crippen LogP contribution in [0.3, 0.4) is 0 Å². The van der Waals surface area contributed by atoms with Crippen molar-refractivity contribution in [2.45, 2.75) is 31.9 Å². The topological polar surface area (TPSA) is 98.0 Å². The number of hydrogen-bond acceptors (Lipinski definition) is 5. The van der Waals surface area contributed by atoms with Gasteiger partial charge in [-0.1, -0.05) is 24.3 Å². The third kappa shape index (κ3) is 6.73. The maximum atomic E-state index is 10.8. The number of non-ortho nitro benzene ring substituents is 1. The van der Waals surface area contributed by atoms with Crippen molar-refractivity contribution in [3.8, 4) is 5.75 Å². The summed E-state index contributed by atoms with van der Waals surface area (Å²) in [7, 11) is 1.66. The molecular formula is C22H28N4O4. The van der Waals surface area contributed by atoms with Crippen molar-refractivity contribution >= 4 is 11.6 Å². The second-order valence-corrected chi connectivity index (χ2v) is 7.13. The lowest BCUT2D eigenvalue weighted by atomic mass is 10.1. The lowest BCUT2D eigenvalue weighted by molar-refractivity contribution is -0.384. The van der Waals surface area contributed by atoms with E-state index in [2.05, 4.69) is 15.6 Å². The highest BCUT2D eigenvalue weighted by molar-refractivity contribution is 5.79. The minimum atomic E-state index is -0.400. The second kappa shape index (κ2) is 11.2. The Labute approximate surface area is 176 Å². The number of ether oxygens (including phenoxy) is 2. The summed E-state index contributed by atoms with van der Waals surface area (Å²) < 4.78 is 10.9. The predicted molar refractivity (Wildman–Crippen MR) is 116 cm³/mol. The fourth-order valence-corrected chi connectivity index (χ4v) is 3.20. The average molecular weight is 412 g/mol. The molecule has 8 nitrogen and oxygen atoms in total. The van der Waals surface area contributed by atoms with Crippen molar-refractivity contribution in [2.24, 2.45) is 4.99 Å². The molecule has 1 saturated heterocycles. The first-order valence-electron chi connectivity index (χ1n) is 10.1. The molecule has 3 rings (SSSR count). The first-order chi connectivity index (χ1) is 14.6. The van der Waals surface area contributed by atoms with Gasteiger partial charge in [0.05, 0.1) is 24.7 Å². The zero-order valence-corrected chi connectivity index (χ0v) is 17.2. The van der Waals surface area contributed by atoms with Crippen LogP contribution in [0, 0.1) is 10.1 Å². The molecule has 2 aromatic rings. The summed E-state index contributed by atoms with van der Waals surface area (Å²) >= 11 is 0. The smallest absolute Gasteiger partial charge is 0.269 e. The molecule has 1 unspecified atom stereocenters. The van der Waals surface area contributed by atoms with Crippen molar-refractivity contribution in [3.05, 3.63) is 69.8 Å². The third-order valence-electron chi connectivity index (χ3n) is 4.95. The summed E-state index contributed by atoms with van der Waals surface area (Å²) in [6.07, 6.45) is 3.20. The molecule has 1 fully saturated rings. The molecule has 0 amide bonds. The van der Waals surface area contributed by atoms with Gasteiger partial charge in [0.25, 0.3) is 5.69 Å². The molecule has 1 heterocycles. The molecule has 1 atom stereocenters. The summed E-state index contributed by atoms with van der Waals surface area (Å²) in [6, 6.07) is 14.5. The molecule has 0 spiro atoms. The van der Waals surface area contributed by atoms with Gasteiger partial charge in [0.1, 0.15) is 5.75 Å². The number of benzene rings is 2. The van der Waals surface area contributed by atoms with E-state index >= 15 is 0 Å². The van der Waals surface area contributed by atoms with Crippen LogP contribution in [0.15, 0.2) is 53.5 Å². The Morgan fingerprint density at radius 2 is 1.90 bits per heavy atom. The first kappa shape index (κ1) is 21.6. The molecule has 0 saturated carbocycles. The summed E-state index contributed by atoms with van der Waals surface area (Å²) in [6.45, 7) is 2.67. The minimum absolute atomic E-state index is 0.0806. The maximum absolute atomic E-state index is 10.8. The van der Waals surface area contributed by atoms with Crippen molar-refractivity contribution in [1.29, 1.82) is 0 Å². The number of methoxy groups -OCH3 is 1. The highest BCUT2D eigenvalue weighted by atomic mass is 16.6. The SMILES string of the molecule is COc1ccc(CCNC(=NCc2ccc([N+](=O)[O-])cc2)NCC2CCCO2)cc1. The van der Waals surface area contributed by atoms with Gasteiger partial charge >= 0.3 is 0 Å². The van der Waals surface area contributed by atoms with Crippen molar-refractivity contribution in [1.82, 2.24) is 10.6 Å². The quantitative estimate of drug-likeness (QED) is 0.284. The van der Waals surface area contributed by atoms with Crippen LogP contribution in [0.2, 0.25) is 0 Å². The Morgan fingerprint density at radius 1 is 1.17 bits per heavy atom. The van der Waals surface area contributed by atoms with Crippen molar-refractivity contribution in [2.75, 3.05) is 26.8 Å². The maximum Gasteiger partial charge on any atom is 0.269 e. The fourth-order valence-electron chi connectivity index (χ4n) is 3.20. The van der Waals surface area contributed by atoms with Gasteiger partial charge in [-0.25, -0.2) is 4.99 Å². The zero-order valence-electron chi connectivity index (χ0n) is 17.2. The molecule has 2 aromatic carbocycles. The van der Waals surface area contributed by atoms with E-state index in [1.165, 1.54) is 17.7 Å². The van der Waals surface area contributed by atoms with Crippen LogP contribution in [0.1, 0.15) is 24.0 Å². The largest absolute Gasteiger partial charge is 0.497 e. The van der Waals surface area contributed by atoms with Crippen LogP contribution in [-0.2, 0) is 17.7 Å². The Morgan fingerprint density at radius 3 is 2.53 bits per heavy atom. The Balaban J connectivity index is 1.56. The molecule has 1 aliphatic heterocycles. The van der Waals surface area contributed by atoms with Crippen LogP contribution >= 0.6 is 0 Å². The van der Waals surface area contributed by atoms with Crippen LogP contribution in [0.5, 0.6) is 5.75 Å². The summed E-state index contributed by atoms with van der Waals surface area (Å²) in [5.74, 6) is 1.55. The van der Waals surface area contributed by atoms with E-state index in [-0.39, 0.29) is 11.8 Å². The molecule has 30 heavy (non-hydrogen) atoms. The molecule has 0 aliphatic carbocycles. The van der Waals surface area contributed by atoms with E-state index in [0.717, 1.165) is 43.7 Å². The predicted octanol–water partition coefficient (Wildman–Crippen LogP) is 3.06. The number of nitrogens with zero attached hydrogens (tertiary/aromatic N) is 2. The van der Waals surface area contributed by atoms with Crippen LogP contribution < -0.4 is 15.4 Å². The van der Waals surface area contributed by atoms with Gasteiger partial charge in [-0.05, 0) is 42.5 Å². The molecular weight excluding hydrogens is 384 g/mol. The van der Waals surface area contributed by atoms with Gasteiger partial charge in [0, 0.05) is 31.8 Å². The van der Waals surface area contributed by atoms with E-state index in [0.29, 0.717) is 19.0 Å². The van der Waals surface area contributed by atoms with Crippen molar-refractivity contribution < 1.29 is 14.4 Å². The van der Waals surface area contributed by atoms with Gasteiger partial charge in [-0.3, -0.25) is 10.1 Å². The molecule has 160 valence electrons. The van der Waals surface area contributed by atoms with Gasteiger partial charge in [0.15, 0.2) is 5.96 Å². The van der Waals surface area contributed by atoms with Gasteiger partial charge in [-0.15, -0.1) is 0 Å². The molecule has 0 radical (unpaired) electrons. The molecule has 1 aliphatic rings. The monoisotopic (exact) mass is 412 g/mol. The summed E-state index contributed by atoms with van der Waals surface area (Å²) in [5, 5.41) is 17.5. The number of nitro benzene ring substituents is 1. The number of nitrogens with one attached hydrogen (secondary N) is 2. The van der Waals surface area contributed by atoms with Gasteiger partial charge in [-0.2, -0.15) is 0 Å². The fraction of sp³-hybridized carbons (Fsp3) is 0.409. The highest BCUT2D eigenvalue weighted by Crippen LogP contribution is 2.13. The first-order valence-corrected chi connectivity index (χ1v) is 10.1. The highest BCUT2D eigenvalue weighted by Gasteiger charge is 2.15. The van der Waals surface area contributed by atoms with E-state index in [1.54, 1.807) is 19.2 Å². The van der Waals surface area contributed by atoms with E-state index in [4.69, 9.17) is 9.47 Å². The average Bonchev–Trinajstić information content (AvgIpc) is 3.29. The number of aliphatic imine (C=N–C) groups is 1. The standard InChI is InChI=1S/C22H28N4O4/c1-29-20-10-6-17(7-11-20)12-13-23-22(25-16-21-3-2-14-30-21)24-15-18-4-8-19(9-5-18)26(27)28/h4-11,21H,2-3,12-16H2,1H3,(H2,23,24,25). The molecule has 8 heteroatoms. The van der Waals surface area contributed by atoms with Crippen molar-refractivity contribution in [3.63, 3.8) is 0 Å². The Kier molecular flexibility index (Phi) is 8.02. The number of guanidine groups is 1. The van der Waals surface area contributed by atoms with Gasteiger partial charge in [0.2, 0.25) is 0 Å². The second-order valence-electron chi connectivity index (χ2n) is 7.13. The molecule has 0 aromatic heterocycles. The minimum Gasteiger partial charge on any atom is -0.497 e. The Hall–Kier alpha value is -3.13. The van der Waals surface area contributed by atoms with E-state index in [9.17, 15) is 10.1 Å². The van der Waals surface area contributed by atoms with E-state index in [1.807, 2.05) is 24.3 Å². The number of hydrogen-bond donors (Lipinski definition) is 2. The lowest BCUT2D eigenvalue weighted by Gasteiger charge is -2.16. The van der Waals surface area contributed by atoms with Crippen LogP contribution in [0.4, 0.5) is 5.69 Å². The van der Waals surface area contributed by atoms with Crippen LogP contribution in [-0.4, -0.2) is 43.8 Å². The zero-order chi connectivity index (χ0) is 21.2. The summed E-state index contributed by atoms with van der Waals surface area (Å²) in [5.41, 5.74) is 2.20. The lowest BCUT2D eigenvalue weighted by Crippen LogP contribution is -2.41. The number of nitro groups is 1. The normalized spacial score (nSPS) is 16.3. The molecule has 0 bridgehead atoms. The Bertz CT molecular complexity index is 831. The molecule has 2 N–H and O–H groups in total. The number of rotatable bonds is 9.